The van der Waals surface area contributed by atoms with Crippen molar-refractivity contribution in [3.8, 4) is 23.0 Å². The topological polar surface area (TPSA) is 69.3 Å². The van der Waals surface area contributed by atoms with Gasteiger partial charge in [-0.2, -0.15) is 0 Å². The van der Waals surface area contributed by atoms with Crippen molar-refractivity contribution in [2.24, 2.45) is 0 Å². The number of methoxy groups -OCH3 is 2. The minimum absolute atomic E-state index is 0.104. The van der Waals surface area contributed by atoms with Gasteiger partial charge in [-0.3, -0.25) is 9.69 Å². The van der Waals surface area contributed by atoms with Crippen LogP contribution in [0, 0.1) is 0 Å². The van der Waals surface area contributed by atoms with Gasteiger partial charge in [0.15, 0.2) is 11.5 Å². The Morgan fingerprint density at radius 2 is 1.93 bits per heavy atom. The van der Waals surface area contributed by atoms with Crippen molar-refractivity contribution < 1.29 is 23.7 Å². The van der Waals surface area contributed by atoms with Crippen LogP contribution in [0.2, 0.25) is 5.02 Å². The molecule has 1 atom stereocenters. The Kier molecular flexibility index (Phi) is 6.20. The van der Waals surface area contributed by atoms with Gasteiger partial charge in [0, 0.05) is 29.8 Å². The lowest BCUT2D eigenvalue weighted by molar-refractivity contribution is -0.117. The van der Waals surface area contributed by atoms with E-state index in [4.69, 9.17) is 30.5 Å². The molecule has 0 spiro atoms. The first-order chi connectivity index (χ1) is 14.6. The molecule has 7 nitrogen and oxygen atoms in total. The quantitative estimate of drug-likeness (QED) is 0.746. The van der Waals surface area contributed by atoms with Crippen LogP contribution in [0.1, 0.15) is 24.4 Å². The lowest BCUT2D eigenvalue weighted by Crippen LogP contribution is -2.33. The highest BCUT2D eigenvalue weighted by molar-refractivity contribution is 6.34. The highest BCUT2D eigenvalue weighted by Gasteiger charge is 2.30. The van der Waals surface area contributed by atoms with Crippen molar-refractivity contribution in [1.82, 2.24) is 4.90 Å². The van der Waals surface area contributed by atoms with Crippen molar-refractivity contribution in [2.75, 3.05) is 45.8 Å². The molecule has 2 aliphatic rings. The fourth-order valence-corrected chi connectivity index (χ4v) is 4.20. The minimum Gasteiger partial charge on any atom is -0.497 e. The number of halogens is 1. The Hall–Kier alpha value is -2.64. The number of amides is 1. The standard InChI is InChI=1S/C22H25ClN2O5/c1-27-14-5-6-15(19(10-14)28-2)18-4-3-7-25(18)13-22(26)24-17-12-21-20(11-16(17)23)29-8-9-30-21/h5-6,10-12,18H,3-4,7-9,13H2,1-2H3,(H,24,26). The number of carbonyl (C=O) groups is 1. The molecule has 0 radical (unpaired) electrons. The molecule has 1 saturated heterocycles. The number of ether oxygens (including phenoxy) is 4. The molecular weight excluding hydrogens is 408 g/mol. The van der Waals surface area contributed by atoms with Gasteiger partial charge in [0.05, 0.1) is 31.5 Å². The maximum atomic E-state index is 12.8. The van der Waals surface area contributed by atoms with Crippen LogP contribution in [0.3, 0.4) is 0 Å². The number of hydrogen-bond donors (Lipinski definition) is 1. The van der Waals surface area contributed by atoms with Gasteiger partial charge in [-0.25, -0.2) is 0 Å². The largest absolute Gasteiger partial charge is 0.497 e. The maximum absolute atomic E-state index is 12.8. The number of fused-ring (bicyclic) bond motifs is 1. The predicted molar refractivity (Wildman–Crippen MR) is 114 cm³/mol. The fourth-order valence-electron chi connectivity index (χ4n) is 4.00. The van der Waals surface area contributed by atoms with Crippen LogP contribution in [0.5, 0.6) is 23.0 Å². The smallest absolute Gasteiger partial charge is 0.238 e. The number of benzene rings is 2. The second-order valence-electron chi connectivity index (χ2n) is 7.26. The van der Waals surface area contributed by atoms with E-state index < -0.39 is 0 Å². The molecule has 0 aliphatic carbocycles. The second-order valence-corrected chi connectivity index (χ2v) is 7.67. The highest BCUT2D eigenvalue weighted by atomic mass is 35.5. The Morgan fingerprint density at radius 1 is 1.17 bits per heavy atom. The fraction of sp³-hybridized carbons (Fsp3) is 0.409. The van der Waals surface area contributed by atoms with Gasteiger partial charge in [0.2, 0.25) is 5.91 Å². The molecule has 1 N–H and O–H groups in total. The predicted octanol–water partition coefficient (Wildman–Crippen LogP) is 3.90. The second kappa shape index (κ2) is 9.02. The van der Waals surface area contributed by atoms with E-state index in [1.165, 1.54) is 0 Å². The molecule has 1 fully saturated rings. The Balaban J connectivity index is 1.47. The number of anilines is 1. The first kappa shape index (κ1) is 20.6. The van der Waals surface area contributed by atoms with Gasteiger partial charge < -0.3 is 24.3 Å². The summed E-state index contributed by atoms with van der Waals surface area (Å²) >= 11 is 6.32. The van der Waals surface area contributed by atoms with Crippen LogP contribution in [0.4, 0.5) is 5.69 Å². The first-order valence-corrected chi connectivity index (χ1v) is 10.3. The summed E-state index contributed by atoms with van der Waals surface area (Å²) in [5.74, 6) is 2.55. The SMILES string of the molecule is COc1ccc(C2CCCN2CC(=O)Nc2cc3c(cc2Cl)OCCO3)c(OC)c1. The monoisotopic (exact) mass is 432 g/mol. The van der Waals surface area contributed by atoms with Gasteiger partial charge >= 0.3 is 0 Å². The van der Waals surface area contributed by atoms with E-state index >= 15 is 0 Å². The number of likely N-dealkylation sites (tertiary alicyclic amines) is 1. The lowest BCUT2D eigenvalue weighted by atomic mass is 10.0. The average Bonchev–Trinajstić information content (AvgIpc) is 3.21. The number of nitrogens with zero attached hydrogens (tertiary/aromatic N) is 1. The number of nitrogens with one attached hydrogen (secondary N) is 1. The molecule has 0 bridgehead atoms. The Morgan fingerprint density at radius 3 is 2.67 bits per heavy atom. The van der Waals surface area contributed by atoms with Gasteiger partial charge in [0.25, 0.3) is 0 Å². The van der Waals surface area contributed by atoms with E-state index in [1.807, 2.05) is 18.2 Å². The first-order valence-electron chi connectivity index (χ1n) is 9.94. The summed E-state index contributed by atoms with van der Waals surface area (Å²) in [4.78, 5) is 14.9. The summed E-state index contributed by atoms with van der Waals surface area (Å²) < 4.78 is 22.0. The lowest BCUT2D eigenvalue weighted by Gasteiger charge is -2.26. The minimum atomic E-state index is -0.132. The van der Waals surface area contributed by atoms with Gasteiger partial charge in [0.1, 0.15) is 24.7 Å². The molecule has 2 heterocycles. The Labute approximate surface area is 180 Å². The summed E-state index contributed by atoms with van der Waals surface area (Å²) in [5, 5.41) is 3.33. The van der Waals surface area contributed by atoms with E-state index in [1.54, 1.807) is 26.4 Å². The van der Waals surface area contributed by atoms with Crippen LogP contribution in [-0.2, 0) is 4.79 Å². The number of hydrogen-bond acceptors (Lipinski definition) is 6. The van der Waals surface area contributed by atoms with Crippen molar-refractivity contribution in [1.29, 1.82) is 0 Å². The van der Waals surface area contributed by atoms with Crippen LogP contribution >= 0.6 is 11.6 Å². The van der Waals surface area contributed by atoms with E-state index in [0.717, 1.165) is 36.4 Å². The van der Waals surface area contributed by atoms with Gasteiger partial charge in [-0.05, 0) is 25.5 Å². The molecule has 1 amide bonds. The van der Waals surface area contributed by atoms with Crippen LogP contribution in [-0.4, -0.2) is 51.3 Å². The molecule has 0 aromatic heterocycles. The molecule has 1 unspecified atom stereocenters. The Bertz CT molecular complexity index is 936. The van der Waals surface area contributed by atoms with E-state index in [9.17, 15) is 4.79 Å². The molecule has 160 valence electrons. The zero-order valence-corrected chi connectivity index (χ0v) is 17.8. The maximum Gasteiger partial charge on any atom is 0.238 e. The van der Waals surface area contributed by atoms with Crippen molar-refractivity contribution in [2.45, 2.75) is 18.9 Å². The number of rotatable bonds is 6. The van der Waals surface area contributed by atoms with E-state index in [0.29, 0.717) is 35.4 Å². The average molecular weight is 433 g/mol. The molecule has 30 heavy (non-hydrogen) atoms. The third-order valence-electron chi connectivity index (χ3n) is 5.42. The van der Waals surface area contributed by atoms with Gasteiger partial charge in [-0.15, -0.1) is 0 Å². The zero-order valence-electron chi connectivity index (χ0n) is 17.1. The van der Waals surface area contributed by atoms with Crippen molar-refractivity contribution in [3.05, 3.63) is 40.9 Å². The van der Waals surface area contributed by atoms with Crippen molar-refractivity contribution >= 4 is 23.2 Å². The summed E-state index contributed by atoms with van der Waals surface area (Å²) in [6, 6.07) is 9.29. The van der Waals surface area contributed by atoms with Crippen molar-refractivity contribution in [3.63, 3.8) is 0 Å². The normalized spacial score (nSPS) is 18.2. The molecule has 4 rings (SSSR count). The highest BCUT2D eigenvalue weighted by Crippen LogP contribution is 2.40. The van der Waals surface area contributed by atoms with Gasteiger partial charge in [-0.1, -0.05) is 17.7 Å². The molecule has 2 aromatic rings. The summed E-state index contributed by atoms with van der Waals surface area (Å²) in [7, 11) is 3.28. The molecule has 2 aliphatic heterocycles. The molecular formula is C22H25ClN2O5. The summed E-state index contributed by atoms with van der Waals surface area (Å²) in [6.45, 7) is 2.05. The molecule has 8 heteroatoms. The molecule has 0 saturated carbocycles. The van der Waals surface area contributed by atoms with Crippen LogP contribution < -0.4 is 24.3 Å². The summed E-state index contributed by atoms with van der Waals surface area (Å²) in [6.07, 6.45) is 1.97. The zero-order chi connectivity index (χ0) is 21.1. The van der Waals surface area contributed by atoms with E-state index in [-0.39, 0.29) is 18.5 Å². The third kappa shape index (κ3) is 4.27. The van der Waals surface area contributed by atoms with E-state index in [2.05, 4.69) is 10.2 Å². The summed E-state index contributed by atoms with van der Waals surface area (Å²) in [5.41, 5.74) is 1.57. The number of carbonyl (C=O) groups excluding carboxylic acids is 1. The van der Waals surface area contributed by atoms with Crippen LogP contribution in [0.25, 0.3) is 0 Å². The third-order valence-corrected chi connectivity index (χ3v) is 5.73. The molecule has 2 aromatic carbocycles. The van der Waals surface area contributed by atoms with Crippen LogP contribution in [0.15, 0.2) is 30.3 Å².